The molecule has 1 aliphatic rings. The molecule has 1 saturated heterocycles. The average molecular weight is 451 g/mol. The largest absolute Gasteiger partial charge is 0.453 e. The normalized spacial score (nSPS) is 15.6. The van der Waals surface area contributed by atoms with Gasteiger partial charge in [0.2, 0.25) is 0 Å². The van der Waals surface area contributed by atoms with Crippen LogP contribution in [0.25, 0.3) is 0 Å². The van der Waals surface area contributed by atoms with E-state index in [1.807, 2.05) is 20.8 Å². The summed E-state index contributed by atoms with van der Waals surface area (Å²) in [7, 11) is 1.76. The summed E-state index contributed by atoms with van der Waals surface area (Å²) >= 11 is 0. The Hall–Kier alpha value is -2.68. The van der Waals surface area contributed by atoms with Gasteiger partial charge in [-0.15, -0.1) is 0 Å². The lowest BCUT2D eigenvalue weighted by Crippen LogP contribution is -2.46. The third-order valence-corrected chi connectivity index (χ3v) is 6.10. The summed E-state index contributed by atoms with van der Waals surface area (Å²) < 4.78 is 44.3. The van der Waals surface area contributed by atoms with Crippen LogP contribution in [0, 0.1) is 20.8 Å². The fourth-order valence-corrected chi connectivity index (χ4v) is 3.81. The first-order chi connectivity index (χ1) is 15.0. The fraction of sp³-hybridized carbons (Fsp3) is 0.522. The summed E-state index contributed by atoms with van der Waals surface area (Å²) in [5, 5.41) is 0. The molecule has 0 aliphatic carbocycles. The van der Waals surface area contributed by atoms with Gasteiger partial charge in [-0.1, -0.05) is 18.2 Å². The number of alkyl halides is 3. The van der Waals surface area contributed by atoms with Crippen LogP contribution >= 0.6 is 0 Å². The van der Waals surface area contributed by atoms with E-state index in [-0.39, 0.29) is 24.6 Å². The first-order valence-electron chi connectivity index (χ1n) is 10.6. The third-order valence-electron chi connectivity index (χ3n) is 6.10. The van der Waals surface area contributed by atoms with E-state index in [1.54, 1.807) is 18.0 Å². The highest BCUT2D eigenvalue weighted by molar-refractivity contribution is 5.77. The van der Waals surface area contributed by atoms with Gasteiger partial charge < -0.3 is 9.64 Å². The van der Waals surface area contributed by atoms with Gasteiger partial charge in [-0.3, -0.25) is 9.69 Å². The van der Waals surface area contributed by atoms with E-state index in [1.165, 1.54) is 12.1 Å². The first-order valence-corrected chi connectivity index (χ1v) is 10.6. The highest BCUT2D eigenvalue weighted by atomic mass is 19.4. The van der Waals surface area contributed by atoms with Gasteiger partial charge in [0.15, 0.2) is 6.61 Å². The molecule has 32 heavy (non-hydrogen) atoms. The number of amides is 1. The molecule has 0 radical (unpaired) electrons. The van der Waals surface area contributed by atoms with Crippen LogP contribution in [0.15, 0.2) is 24.3 Å². The molecule has 1 fully saturated rings. The molecule has 0 N–H and O–H groups in total. The quantitative estimate of drug-likeness (QED) is 0.668. The van der Waals surface area contributed by atoms with Crippen molar-refractivity contribution in [2.45, 2.75) is 52.4 Å². The molecule has 0 saturated carbocycles. The van der Waals surface area contributed by atoms with Gasteiger partial charge >= 0.3 is 12.2 Å². The summed E-state index contributed by atoms with van der Waals surface area (Å²) in [6, 6.07) is 5.70. The molecular weight excluding hydrogens is 421 g/mol. The van der Waals surface area contributed by atoms with Crippen molar-refractivity contribution in [2.75, 3.05) is 26.7 Å². The summed E-state index contributed by atoms with van der Waals surface area (Å²) in [6.07, 6.45) is -2.84. The van der Waals surface area contributed by atoms with Crippen molar-refractivity contribution >= 4 is 5.91 Å². The van der Waals surface area contributed by atoms with Crippen LogP contribution in [-0.4, -0.2) is 58.5 Å². The van der Waals surface area contributed by atoms with Crippen molar-refractivity contribution in [3.05, 3.63) is 52.3 Å². The van der Waals surface area contributed by atoms with Gasteiger partial charge in [-0.05, 0) is 50.8 Å². The number of aromatic nitrogens is 2. The van der Waals surface area contributed by atoms with E-state index in [4.69, 9.17) is 4.74 Å². The van der Waals surface area contributed by atoms with Gasteiger partial charge in [0.25, 0.3) is 5.91 Å². The molecule has 1 amide bonds. The Morgan fingerprint density at radius 1 is 1.16 bits per heavy atom. The Labute approximate surface area is 186 Å². The lowest BCUT2D eigenvalue weighted by molar-refractivity contribution is -0.137. The zero-order chi connectivity index (χ0) is 23.5. The van der Waals surface area contributed by atoms with Crippen molar-refractivity contribution < 1.29 is 22.7 Å². The minimum absolute atomic E-state index is 0.0614. The maximum Gasteiger partial charge on any atom is 0.416 e. The molecule has 6 nitrogen and oxygen atoms in total. The number of rotatable bonds is 6. The molecule has 2 aromatic rings. The molecule has 3 rings (SSSR count). The van der Waals surface area contributed by atoms with E-state index >= 15 is 0 Å². The summed E-state index contributed by atoms with van der Waals surface area (Å²) in [5.41, 5.74) is 2.65. The van der Waals surface area contributed by atoms with Crippen LogP contribution < -0.4 is 4.74 Å². The number of aryl methyl sites for hydroxylation is 2. The van der Waals surface area contributed by atoms with Crippen molar-refractivity contribution in [3.8, 4) is 6.01 Å². The summed E-state index contributed by atoms with van der Waals surface area (Å²) in [4.78, 5) is 24.9. The fourth-order valence-electron chi connectivity index (χ4n) is 3.81. The average Bonchev–Trinajstić information content (AvgIpc) is 2.75. The zero-order valence-corrected chi connectivity index (χ0v) is 18.9. The smallest absolute Gasteiger partial charge is 0.416 e. The molecule has 2 heterocycles. The molecule has 0 bridgehead atoms. The maximum atomic E-state index is 12.9. The highest BCUT2D eigenvalue weighted by Crippen LogP contribution is 2.30. The number of piperidine rings is 1. The minimum Gasteiger partial charge on any atom is -0.453 e. The standard InChI is InChI=1S/C23H29F3N4O2/c1-15-16(2)27-22(28-17(15)3)32-14-21(31)29(4)20-8-10-30(11-9-20)13-18-6-5-7-19(12-18)23(24,25)26/h5-7,12,20H,8-11,13-14H2,1-4H3. The van der Waals surface area contributed by atoms with Gasteiger partial charge in [-0.2, -0.15) is 13.2 Å². The van der Waals surface area contributed by atoms with E-state index in [0.717, 1.165) is 35.9 Å². The van der Waals surface area contributed by atoms with Crippen molar-refractivity contribution in [1.29, 1.82) is 0 Å². The Kier molecular flexibility index (Phi) is 7.38. The van der Waals surface area contributed by atoms with Crippen LogP contribution in [0.2, 0.25) is 0 Å². The number of benzene rings is 1. The van der Waals surface area contributed by atoms with E-state index in [9.17, 15) is 18.0 Å². The number of likely N-dealkylation sites (N-methyl/N-ethyl adjacent to an activating group) is 1. The molecule has 0 atom stereocenters. The number of carbonyl (C=O) groups excluding carboxylic acids is 1. The van der Waals surface area contributed by atoms with Crippen molar-refractivity contribution in [1.82, 2.24) is 19.8 Å². The Bertz CT molecular complexity index is 933. The molecule has 0 spiro atoms. The number of hydrogen-bond acceptors (Lipinski definition) is 5. The van der Waals surface area contributed by atoms with Gasteiger partial charge in [0.05, 0.1) is 5.56 Å². The van der Waals surface area contributed by atoms with Crippen molar-refractivity contribution in [3.63, 3.8) is 0 Å². The van der Waals surface area contributed by atoms with Crippen LogP contribution in [0.1, 0.15) is 40.9 Å². The second-order valence-corrected chi connectivity index (χ2v) is 8.30. The number of hydrogen-bond donors (Lipinski definition) is 0. The SMILES string of the molecule is Cc1nc(OCC(=O)N(C)C2CCN(Cc3cccc(C(F)(F)F)c3)CC2)nc(C)c1C. The first kappa shape index (κ1) is 24.0. The topological polar surface area (TPSA) is 58.6 Å². The van der Waals surface area contributed by atoms with Crippen LogP contribution in [-0.2, 0) is 17.5 Å². The Morgan fingerprint density at radius 2 is 1.78 bits per heavy atom. The predicted octanol–water partition coefficient (Wildman–Crippen LogP) is 3.92. The van der Waals surface area contributed by atoms with Gasteiger partial charge in [0, 0.05) is 44.1 Å². The molecule has 1 aromatic carbocycles. The zero-order valence-electron chi connectivity index (χ0n) is 18.9. The molecule has 0 unspecified atom stereocenters. The van der Waals surface area contributed by atoms with E-state index < -0.39 is 11.7 Å². The predicted molar refractivity (Wildman–Crippen MR) is 114 cm³/mol. The number of carbonyl (C=O) groups is 1. The van der Waals surface area contributed by atoms with Crippen LogP contribution in [0.5, 0.6) is 6.01 Å². The third kappa shape index (κ3) is 5.97. The maximum absolute atomic E-state index is 12.9. The van der Waals surface area contributed by atoms with Gasteiger partial charge in [0.1, 0.15) is 0 Å². The molecule has 174 valence electrons. The number of likely N-dealkylation sites (tertiary alicyclic amines) is 1. The number of nitrogens with zero attached hydrogens (tertiary/aromatic N) is 4. The molecule has 9 heteroatoms. The number of halogens is 3. The van der Waals surface area contributed by atoms with Crippen LogP contribution in [0.4, 0.5) is 13.2 Å². The Morgan fingerprint density at radius 3 is 2.38 bits per heavy atom. The monoisotopic (exact) mass is 450 g/mol. The molecule has 1 aliphatic heterocycles. The minimum atomic E-state index is -4.34. The van der Waals surface area contributed by atoms with E-state index in [2.05, 4.69) is 14.9 Å². The van der Waals surface area contributed by atoms with E-state index in [0.29, 0.717) is 25.2 Å². The lowest BCUT2D eigenvalue weighted by Gasteiger charge is -2.36. The van der Waals surface area contributed by atoms with Gasteiger partial charge in [-0.25, -0.2) is 9.97 Å². The Balaban J connectivity index is 1.49. The summed E-state index contributed by atoms with van der Waals surface area (Å²) in [6.45, 7) is 7.42. The molecular formula is C23H29F3N4O2. The molecule has 1 aromatic heterocycles. The number of ether oxygens (including phenoxy) is 1. The lowest BCUT2D eigenvalue weighted by atomic mass is 10.0. The second-order valence-electron chi connectivity index (χ2n) is 8.30. The highest BCUT2D eigenvalue weighted by Gasteiger charge is 2.31. The second kappa shape index (κ2) is 9.85. The van der Waals surface area contributed by atoms with Crippen LogP contribution in [0.3, 0.4) is 0 Å². The van der Waals surface area contributed by atoms with Crippen molar-refractivity contribution in [2.24, 2.45) is 0 Å². The summed E-state index contributed by atoms with van der Waals surface area (Å²) in [5.74, 6) is -0.152.